The van der Waals surface area contributed by atoms with Crippen LogP contribution in [0.1, 0.15) is 0 Å². The van der Waals surface area contributed by atoms with Crippen LogP contribution in [0.15, 0.2) is 0 Å². The van der Waals surface area contributed by atoms with Gasteiger partial charge in [0.25, 0.3) is 0 Å². The number of hydrogen-bond acceptors (Lipinski definition) is 16. The second-order valence-electron chi connectivity index (χ2n) is 8.41. The minimum Gasteiger partial charge on any atom is -0.394 e. The maximum Gasteiger partial charge on any atom is 0.224 e. The quantitative estimate of drug-likeness (QED) is 0.146. The number of rotatable bonds is 8. The van der Waals surface area contributed by atoms with Crippen LogP contribution >= 0.6 is 0 Å². The van der Waals surface area contributed by atoms with E-state index < -0.39 is 112 Å². The van der Waals surface area contributed by atoms with E-state index in [1.165, 1.54) is 0 Å². The Labute approximate surface area is 192 Å². The molecule has 3 saturated heterocycles. The van der Waals surface area contributed by atoms with Gasteiger partial charge < -0.3 is 79.9 Å². The summed E-state index contributed by atoms with van der Waals surface area (Å²) in [6.45, 7) is -3.14. The van der Waals surface area contributed by atoms with E-state index in [-0.39, 0.29) is 0 Å². The predicted octanol–water partition coefficient (Wildman–Crippen LogP) is -7.57. The van der Waals surface area contributed by atoms with Crippen LogP contribution in [0.5, 0.6) is 0 Å². The van der Waals surface area contributed by atoms with Crippen molar-refractivity contribution in [1.29, 1.82) is 0 Å². The van der Waals surface area contributed by atoms with Gasteiger partial charge >= 0.3 is 0 Å². The lowest BCUT2D eigenvalue weighted by atomic mass is 9.98. The Morgan fingerprint density at radius 2 is 1.12 bits per heavy atom. The monoisotopic (exact) mass is 504 g/mol. The van der Waals surface area contributed by atoms with E-state index in [1.807, 2.05) is 0 Å². The molecule has 34 heavy (non-hydrogen) atoms. The van der Waals surface area contributed by atoms with Crippen LogP contribution in [-0.4, -0.2) is 168 Å². The fourth-order valence-corrected chi connectivity index (χ4v) is 4.01. The van der Waals surface area contributed by atoms with Crippen molar-refractivity contribution in [3.05, 3.63) is 0 Å². The first-order valence-corrected chi connectivity index (χ1v) is 10.6. The van der Waals surface area contributed by atoms with Crippen LogP contribution in [-0.2, 0) is 23.7 Å². The van der Waals surface area contributed by atoms with Gasteiger partial charge in [-0.05, 0) is 0 Å². The molecule has 11 N–H and O–H groups in total. The van der Waals surface area contributed by atoms with Gasteiger partial charge in [-0.25, -0.2) is 0 Å². The molecule has 0 bridgehead atoms. The normalized spacial score (nSPS) is 52.1. The third-order valence-corrected chi connectivity index (χ3v) is 6.16. The highest BCUT2D eigenvalue weighted by Crippen LogP contribution is 2.36. The van der Waals surface area contributed by atoms with Crippen molar-refractivity contribution < 1.29 is 79.9 Å². The maximum absolute atomic E-state index is 10.3. The van der Waals surface area contributed by atoms with E-state index >= 15 is 0 Å². The van der Waals surface area contributed by atoms with E-state index in [4.69, 9.17) is 23.7 Å². The largest absolute Gasteiger partial charge is 0.394 e. The molecule has 3 aliphatic rings. The highest BCUT2D eigenvalue weighted by molar-refractivity contribution is 4.98. The van der Waals surface area contributed by atoms with Crippen molar-refractivity contribution >= 4 is 0 Å². The predicted molar refractivity (Wildman–Crippen MR) is 101 cm³/mol. The molecule has 0 unspecified atom stereocenters. The van der Waals surface area contributed by atoms with Gasteiger partial charge in [-0.3, -0.25) is 0 Å². The zero-order chi connectivity index (χ0) is 25.4. The van der Waals surface area contributed by atoms with Gasteiger partial charge in [-0.15, -0.1) is 0 Å². The Balaban J connectivity index is 1.69. The molecule has 0 radical (unpaired) electrons. The number of aliphatic hydroxyl groups excluding tert-OH is 11. The van der Waals surface area contributed by atoms with E-state index in [0.717, 1.165) is 0 Å². The van der Waals surface area contributed by atoms with Gasteiger partial charge in [0.15, 0.2) is 12.6 Å². The molecule has 14 atom stereocenters. The van der Waals surface area contributed by atoms with Crippen LogP contribution in [0.2, 0.25) is 0 Å². The van der Waals surface area contributed by atoms with Gasteiger partial charge in [0.2, 0.25) is 5.79 Å². The summed E-state index contributed by atoms with van der Waals surface area (Å²) in [6, 6.07) is 0. The molecule has 0 aromatic carbocycles. The van der Waals surface area contributed by atoms with E-state index in [9.17, 15) is 56.2 Å². The molecule has 0 saturated carbocycles. The van der Waals surface area contributed by atoms with Gasteiger partial charge in [0.1, 0.15) is 73.8 Å². The number of ether oxygens (including phenoxy) is 5. The summed E-state index contributed by atoms with van der Waals surface area (Å²) in [5.74, 6) is -2.36. The molecule has 3 fully saturated rings. The molecule has 3 rings (SSSR count). The highest BCUT2D eigenvalue weighted by Gasteiger charge is 2.58. The average molecular weight is 504 g/mol. The van der Waals surface area contributed by atoms with Crippen LogP contribution < -0.4 is 0 Å². The van der Waals surface area contributed by atoms with Crippen molar-refractivity contribution in [2.75, 3.05) is 26.4 Å². The average Bonchev–Trinajstić information content (AvgIpc) is 3.08. The minimum atomic E-state index is -2.36. The summed E-state index contributed by atoms with van der Waals surface area (Å²) < 4.78 is 26.4. The van der Waals surface area contributed by atoms with Crippen molar-refractivity contribution in [2.24, 2.45) is 0 Å². The Hall–Kier alpha value is -0.640. The second kappa shape index (κ2) is 11.2. The third kappa shape index (κ3) is 5.09. The van der Waals surface area contributed by atoms with Crippen molar-refractivity contribution in [3.8, 4) is 0 Å². The third-order valence-electron chi connectivity index (χ3n) is 6.16. The SMILES string of the molecule is OC[C@@H]1O[C@H](OC[C@@H]2O[C@@H](O[C@]3(CO)O[C@H](CO)[C@@H](O)[C@H]3O)[C@@H](O)[C@H](O)[C@H]2O)[C@@H](O)[C@H](O)[C@H]1O. The molecule has 16 heteroatoms. The minimum absolute atomic E-state index is 0.634. The lowest BCUT2D eigenvalue weighted by Crippen LogP contribution is -2.63. The zero-order valence-corrected chi connectivity index (χ0v) is 17.8. The van der Waals surface area contributed by atoms with E-state index in [0.29, 0.717) is 0 Å². The number of hydrogen-bond donors (Lipinski definition) is 11. The second-order valence-corrected chi connectivity index (χ2v) is 8.41. The van der Waals surface area contributed by atoms with Crippen LogP contribution in [0.3, 0.4) is 0 Å². The summed E-state index contributed by atoms with van der Waals surface area (Å²) in [7, 11) is 0. The fraction of sp³-hybridized carbons (Fsp3) is 1.00. The maximum atomic E-state index is 10.3. The van der Waals surface area contributed by atoms with Gasteiger partial charge in [-0.1, -0.05) is 0 Å². The van der Waals surface area contributed by atoms with Crippen molar-refractivity contribution in [3.63, 3.8) is 0 Å². The summed E-state index contributed by atoms with van der Waals surface area (Å²) in [4.78, 5) is 0. The van der Waals surface area contributed by atoms with Gasteiger partial charge in [0.05, 0.1) is 19.8 Å². The fourth-order valence-electron chi connectivity index (χ4n) is 4.01. The molecule has 0 amide bonds. The first-order chi connectivity index (χ1) is 16.0. The van der Waals surface area contributed by atoms with Gasteiger partial charge in [-0.2, -0.15) is 0 Å². The van der Waals surface area contributed by atoms with Crippen LogP contribution in [0.4, 0.5) is 0 Å². The lowest BCUT2D eigenvalue weighted by molar-refractivity contribution is -0.388. The summed E-state index contributed by atoms with van der Waals surface area (Å²) in [5.41, 5.74) is 0. The number of aliphatic hydroxyl groups is 11. The van der Waals surface area contributed by atoms with Gasteiger partial charge in [0, 0.05) is 0 Å². The molecule has 0 spiro atoms. The molecule has 3 aliphatic heterocycles. The summed E-state index contributed by atoms with van der Waals surface area (Å²) in [6.07, 6.45) is -21.8. The summed E-state index contributed by atoms with van der Waals surface area (Å²) in [5, 5.41) is 109. The Bertz CT molecular complexity index is 653. The van der Waals surface area contributed by atoms with Crippen molar-refractivity contribution in [2.45, 2.75) is 85.5 Å². The lowest BCUT2D eigenvalue weighted by Gasteiger charge is -2.44. The summed E-state index contributed by atoms with van der Waals surface area (Å²) >= 11 is 0. The topological polar surface area (TPSA) is 269 Å². The Morgan fingerprint density at radius 3 is 1.65 bits per heavy atom. The molecular weight excluding hydrogens is 472 g/mol. The smallest absolute Gasteiger partial charge is 0.224 e. The van der Waals surface area contributed by atoms with E-state index in [1.54, 1.807) is 0 Å². The molecule has 0 aromatic heterocycles. The van der Waals surface area contributed by atoms with Crippen LogP contribution in [0.25, 0.3) is 0 Å². The van der Waals surface area contributed by atoms with Crippen molar-refractivity contribution in [1.82, 2.24) is 0 Å². The molecule has 16 nitrogen and oxygen atoms in total. The Morgan fingerprint density at radius 1 is 0.588 bits per heavy atom. The first-order valence-electron chi connectivity index (χ1n) is 10.6. The molecule has 200 valence electrons. The molecule has 0 aromatic rings. The standard InChI is InChI=1S/C18H32O16/c19-1-5-8(22)11(25)13(27)16(31-5)30-3-7-9(23)12(26)14(28)17(32-7)34-18(4-21)15(29)10(24)6(2-20)33-18/h5-17,19-29H,1-4H2/t5-,6+,7-,8-,9-,10+,11+,12+,13-,14-,15+,16-,17-,18-/m0/s1. The Kier molecular flexibility index (Phi) is 9.18. The van der Waals surface area contributed by atoms with Crippen LogP contribution in [0, 0.1) is 0 Å². The molecule has 0 aliphatic carbocycles. The van der Waals surface area contributed by atoms with E-state index in [2.05, 4.69) is 0 Å². The highest BCUT2D eigenvalue weighted by atomic mass is 16.8. The first kappa shape index (κ1) is 27.9. The molecule has 3 heterocycles. The molecular formula is C18H32O16. The zero-order valence-electron chi connectivity index (χ0n) is 17.8.